The van der Waals surface area contributed by atoms with Crippen molar-refractivity contribution < 1.29 is 42.1 Å². The molecule has 0 aliphatic carbocycles. The molecule has 1 aromatic carbocycles. The molecule has 0 aliphatic rings. The topological polar surface area (TPSA) is 83.8 Å². The fourth-order valence-corrected chi connectivity index (χ4v) is 1.08. The van der Waals surface area contributed by atoms with Crippen LogP contribution in [0.1, 0.15) is 20.7 Å². The van der Waals surface area contributed by atoms with Crippen LogP contribution in [0.25, 0.3) is 0 Å². The first-order valence-corrected chi connectivity index (χ1v) is 4.90. The third-order valence-electron chi connectivity index (χ3n) is 1.88. The van der Waals surface area contributed by atoms with Crippen molar-refractivity contribution >= 4 is 11.9 Å². The van der Waals surface area contributed by atoms with Gasteiger partial charge in [0, 0.05) is 0 Å². The van der Waals surface area contributed by atoms with Gasteiger partial charge in [0.15, 0.2) is 23.3 Å². The highest BCUT2D eigenvalue weighted by molar-refractivity contribution is 5.92. The summed E-state index contributed by atoms with van der Waals surface area (Å²) in [6.07, 6.45) is 2.62. The summed E-state index contributed by atoms with van der Waals surface area (Å²) in [5.41, 5.74) is -3.75. The molecule has 0 aromatic heterocycles. The van der Waals surface area contributed by atoms with E-state index in [9.17, 15) is 27.2 Å². The molecule has 0 fully saturated rings. The molecule has 1 rings (SSSR count). The van der Waals surface area contributed by atoms with Crippen LogP contribution < -0.4 is 0 Å². The average molecular weight is 308 g/mol. The van der Waals surface area contributed by atoms with Crippen molar-refractivity contribution in [1.82, 2.24) is 0 Å². The Hall–Kier alpha value is -2.84. The number of aromatic carboxylic acids is 2. The Morgan fingerprint density at radius 1 is 0.810 bits per heavy atom. The third kappa shape index (κ3) is 4.06. The molecule has 114 valence electrons. The Labute approximate surface area is 115 Å². The molecule has 0 spiro atoms. The summed E-state index contributed by atoms with van der Waals surface area (Å²) in [4.78, 5) is 20.5. The zero-order valence-electron chi connectivity index (χ0n) is 10.2. The first-order chi connectivity index (χ1) is 9.70. The Morgan fingerprint density at radius 3 is 1.14 bits per heavy atom. The lowest BCUT2D eigenvalue weighted by molar-refractivity contribution is 0.0658. The molecule has 0 heterocycles. The maximum Gasteiger partial charge on any atom is 0.341 e. The van der Waals surface area contributed by atoms with Gasteiger partial charge in [-0.25, -0.2) is 27.2 Å². The Kier molecular flexibility index (Phi) is 6.64. The number of carbonyl (C=O) groups is 2. The van der Waals surface area contributed by atoms with Crippen LogP contribution in [-0.4, -0.2) is 22.2 Å². The van der Waals surface area contributed by atoms with E-state index in [2.05, 4.69) is 17.9 Å². The predicted molar refractivity (Wildman–Crippen MR) is 61.7 cm³/mol. The van der Waals surface area contributed by atoms with Crippen LogP contribution in [0, 0.1) is 23.3 Å². The molecule has 0 saturated heterocycles. The van der Waals surface area contributed by atoms with E-state index in [1.807, 2.05) is 0 Å². The Balaban J connectivity index is 0.000000690. The van der Waals surface area contributed by atoms with Crippen LogP contribution in [0.15, 0.2) is 25.7 Å². The molecular formula is C12H8F4O5. The van der Waals surface area contributed by atoms with Gasteiger partial charge in [-0.2, -0.15) is 0 Å². The maximum atomic E-state index is 12.9. The van der Waals surface area contributed by atoms with Crippen LogP contribution in [-0.2, 0) is 4.74 Å². The summed E-state index contributed by atoms with van der Waals surface area (Å²) >= 11 is 0. The van der Waals surface area contributed by atoms with Crippen molar-refractivity contribution in [2.75, 3.05) is 0 Å². The first kappa shape index (κ1) is 18.2. The molecule has 21 heavy (non-hydrogen) atoms. The van der Waals surface area contributed by atoms with E-state index in [-0.39, 0.29) is 0 Å². The molecule has 9 heteroatoms. The van der Waals surface area contributed by atoms with Gasteiger partial charge in [-0.3, -0.25) is 0 Å². The highest BCUT2D eigenvalue weighted by Gasteiger charge is 2.32. The number of hydrogen-bond acceptors (Lipinski definition) is 3. The fourth-order valence-electron chi connectivity index (χ4n) is 1.08. The molecule has 0 aliphatic heterocycles. The lowest BCUT2D eigenvalue weighted by atomic mass is 10.1. The number of carboxylic acid groups (broad SMARTS) is 2. The third-order valence-corrected chi connectivity index (χ3v) is 1.88. The molecule has 0 saturated carbocycles. The van der Waals surface area contributed by atoms with E-state index in [0.29, 0.717) is 0 Å². The largest absolute Gasteiger partial charge is 0.477 e. The van der Waals surface area contributed by atoms with Gasteiger partial charge in [0.1, 0.15) is 11.1 Å². The zero-order valence-corrected chi connectivity index (χ0v) is 10.2. The molecule has 2 N–H and O–H groups in total. The second-order valence-corrected chi connectivity index (χ2v) is 3.09. The van der Waals surface area contributed by atoms with Gasteiger partial charge in [-0.1, -0.05) is 13.2 Å². The summed E-state index contributed by atoms with van der Waals surface area (Å²) in [7, 11) is 0. The number of hydrogen-bond donors (Lipinski definition) is 2. The van der Waals surface area contributed by atoms with Crippen molar-refractivity contribution in [3.63, 3.8) is 0 Å². The lowest BCUT2D eigenvalue weighted by Crippen LogP contribution is -2.15. The fraction of sp³-hybridized carbons (Fsp3) is 0. The van der Waals surface area contributed by atoms with E-state index in [0.717, 1.165) is 0 Å². The van der Waals surface area contributed by atoms with Gasteiger partial charge in [-0.05, 0) is 0 Å². The maximum absolute atomic E-state index is 12.9. The smallest absolute Gasteiger partial charge is 0.341 e. The van der Waals surface area contributed by atoms with Crippen molar-refractivity contribution in [2.45, 2.75) is 0 Å². The predicted octanol–water partition coefficient (Wildman–Crippen LogP) is 2.93. The summed E-state index contributed by atoms with van der Waals surface area (Å²) in [5.74, 6) is -13.5. The van der Waals surface area contributed by atoms with Gasteiger partial charge in [0.25, 0.3) is 0 Å². The molecule has 0 bridgehead atoms. The normalized spacial score (nSPS) is 9.14. The number of ether oxygens (including phenoxy) is 1. The van der Waals surface area contributed by atoms with Crippen molar-refractivity contribution in [1.29, 1.82) is 0 Å². The zero-order chi connectivity index (χ0) is 16.7. The minimum atomic E-state index is -2.26. The lowest BCUT2D eigenvalue weighted by Gasteiger charge is -2.05. The van der Waals surface area contributed by atoms with E-state index in [4.69, 9.17) is 10.2 Å². The van der Waals surface area contributed by atoms with E-state index < -0.39 is 46.3 Å². The number of rotatable bonds is 4. The summed E-state index contributed by atoms with van der Waals surface area (Å²) < 4.78 is 55.9. The number of carboxylic acids is 2. The molecule has 0 radical (unpaired) electrons. The Bertz CT molecular complexity index is 518. The average Bonchev–Trinajstić information content (AvgIpc) is 2.38. The summed E-state index contributed by atoms with van der Waals surface area (Å²) in [6.45, 7) is 6.51. The number of benzene rings is 1. The molecular weight excluding hydrogens is 300 g/mol. The highest BCUT2D eigenvalue weighted by atomic mass is 19.2. The SMILES string of the molecule is C=COC=C.O=C(O)c1c(F)c(F)c(C(=O)O)c(F)c1F. The molecule has 1 aromatic rings. The second-order valence-electron chi connectivity index (χ2n) is 3.09. The van der Waals surface area contributed by atoms with Crippen LogP contribution >= 0.6 is 0 Å². The minimum absolute atomic E-state index is 1.31. The van der Waals surface area contributed by atoms with E-state index in [1.54, 1.807) is 0 Å². The molecule has 0 atom stereocenters. The summed E-state index contributed by atoms with van der Waals surface area (Å²) in [5, 5.41) is 16.5. The van der Waals surface area contributed by atoms with Gasteiger partial charge in [-0.15, -0.1) is 0 Å². The van der Waals surface area contributed by atoms with Crippen LogP contribution in [0.2, 0.25) is 0 Å². The monoisotopic (exact) mass is 308 g/mol. The van der Waals surface area contributed by atoms with Crippen molar-refractivity contribution in [2.24, 2.45) is 0 Å². The van der Waals surface area contributed by atoms with E-state index in [1.165, 1.54) is 12.5 Å². The quantitative estimate of drug-likeness (QED) is 0.507. The van der Waals surface area contributed by atoms with Gasteiger partial charge < -0.3 is 14.9 Å². The van der Waals surface area contributed by atoms with Crippen molar-refractivity contribution in [3.8, 4) is 0 Å². The molecule has 0 amide bonds. The van der Waals surface area contributed by atoms with E-state index >= 15 is 0 Å². The molecule has 0 unspecified atom stereocenters. The standard InChI is InChI=1S/C8H2F4O4.C4H6O/c9-3-1(7(13)14)4(10)6(12)2(5(3)11)8(15)16;1-3-5-4-2/h(H,13,14)(H,15,16);3-4H,1-2H2. The van der Waals surface area contributed by atoms with Gasteiger partial charge in [0.05, 0.1) is 12.5 Å². The first-order valence-electron chi connectivity index (χ1n) is 4.90. The highest BCUT2D eigenvalue weighted by Crippen LogP contribution is 2.24. The summed E-state index contributed by atoms with van der Waals surface area (Å²) in [6, 6.07) is 0. The van der Waals surface area contributed by atoms with Crippen LogP contribution in [0.3, 0.4) is 0 Å². The Morgan fingerprint density at radius 2 is 1.05 bits per heavy atom. The second kappa shape index (κ2) is 7.68. The van der Waals surface area contributed by atoms with Crippen LogP contribution in [0.4, 0.5) is 17.6 Å². The van der Waals surface area contributed by atoms with Crippen LogP contribution in [0.5, 0.6) is 0 Å². The van der Waals surface area contributed by atoms with Crippen molar-refractivity contribution in [3.05, 3.63) is 60.1 Å². The van der Waals surface area contributed by atoms with Gasteiger partial charge in [0.2, 0.25) is 0 Å². The van der Waals surface area contributed by atoms with Gasteiger partial charge >= 0.3 is 11.9 Å². The molecule has 5 nitrogen and oxygen atoms in total. The number of halogens is 4. The minimum Gasteiger partial charge on any atom is -0.477 e.